The Morgan fingerprint density at radius 1 is 0.356 bits per heavy atom. The summed E-state index contributed by atoms with van der Waals surface area (Å²) in [6, 6.07) is 66.7. The van der Waals surface area contributed by atoms with Gasteiger partial charge in [-0.1, -0.05) is 152 Å². The zero-order valence-corrected chi connectivity index (χ0v) is 31.6. The van der Waals surface area contributed by atoms with Gasteiger partial charge in [0.15, 0.2) is 23.1 Å². The van der Waals surface area contributed by atoms with Gasteiger partial charge < -0.3 is 13.7 Å². The monoisotopic (exact) mass is 756 g/mol. The summed E-state index contributed by atoms with van der Waals surface area (Å²) >= 11 is 0. The van der Waals surface area contributed by atoms with Crippen LogP contribution in [0.1, 0.15) is 0 Å². The van der Waals surface area contributed by atoms with Crippen molar-refractivity contribution in [3.8, 4) is 34.2 Å². The molecule has 0 amide bonds. The molecule has 6 heteroatoms. The molecule has 0 aliphatic carbocycles. The van der Waals surface area contributed by atoms with E-state index in [9.17, 15) is 0 Å². The van der Waals surface area contributed by atoms with Crippen molar-refractivity contribution in [2.24, 2.45) is 0 Å². The molecule has 0 N–H and O–H groups in total. The van der Waals surface area contributed by atoms with E-state index < -0.39 is 0 Å². The molecule has 0 atom stereocenters. The van der Waals surface area contributed by atoms with E-state index >= 15 is 0 Å². The van der Waals surface area contributed by atoms with E-state index in [0.717, 1.165) is 99.2 Å². The van der Waals surface area contributed by atoms with Crippen LogP contribution in [-0.2, 0) is 0 Å². The largest absolute Gasteiger partial charge is 0.456 e. The van der Waals surface area contributed by atoms with Gasteiger partial charge in [-0.25, -0.2) is 15.0 Å². The van der Waals surface area contributed by atoms with Gasteiger partial charge in [0.1, 0.15) is 16.7 Å². The maximum absolute atomic E-state index is 6.77. The molecule has 0 fully saturated rings. The van der Waals surface area contributed by atoms with Gasteiger partial charge in [0.25, 0.3) is 0 Å². The van der Waals surface area contributed by atoms with E-state index in [2.05, 4.69) is 144 Å². The van der Waals surface area contributed by atoms with Crippen LogP contribution >= 0.6 is 0 Å². The maximum Gasteiger partial charge on any atom is 0.164 e. The third-order valence-electron chi connectivity index (χ3n) is 11.3. The maximum atomic E-state index is 6.77. The zero-order chi connectivity index (χ0) is 38.9. The first kappa shape index (κ1) is 33.1. The Hall–Kier alpha value is -8.09. The second kappa shape index (κ2) is 13.3. The molecule has 0 saturated carbocycles. The molecule has 59 heavy (non-hydrogen) atoms. The van der Waals surface area contributed by atoms with Crippen molar-refractivity contribution in [1.29, 1.82) is 0 Å². The third kappa shape index (κ3) is 5.38. The van der Waals surface area contributed by atoms with E-state index in [-0.39, 0.29) is 0 Å². The Morgan fingerprint density at radius 2 is 0.949 bits per heavy atom. The minimum atomic E-state index is 0.577. The van der Waals surface area contributed by atoms with Crippen molar-refractivity contribution in [2.75, 3.05) is 4.90 Å². The lowest BCUT2D eigenvalue weighted by molar-refractivity contribution is 0.667. The summed E-state index contributed by atoms with van der Waals surface area (Å²) in [7, 11) is 0. The number of para-hydroxylation sites is 2. The Labute approximate surface area is 338 Å². The van der Waals surface area contributed by atoms with Crippen LogP contribution in [0.2, 0.25) is 0 Å². The fourth-order valence-electron chi connectivity index (χ4n) is 8.61. The Bertz CT molecular complexity index is 3580. The van der Waals surface area contributed by atoms with Crippen LogP contribution in [0.4, 0.5) is 17.1 Å². The third-order valence-corrected chi connectivity index (χ3v) is 11.3. The van der Waals surface area contributed by atoms with Crippen LogP contribution in [0.25, 0.3) is 99.6 Å². The van der Waals surface area contributed by atoms with Crippen molar-refractivity contribution in [1.82, 2.24) is 15.0 Å². The van der Waals surface area contributed by atoms with Gasteiger partial charge in [-0.15, -0.1) is 0 Å². The smallest absolute Gasteiger partial charge is 0.164 e. The predicted octanol–water partition coefficient (Wildman–Crippen LogP) is 14.4. The minimum absolute atomic E-state index is 0.577. The van der Waals surface area contributed by atoms with Crippen LogP contribution < -0.4 is 4.90 Å². The van der Waals surface area contributed by atoms with E-state index in [1.165, 1.54) is 0 Å². The van der Waals surface area contributed by atoms with Crippen molar-refractivity contribution < 1.29 is 8.83 Å². The number of nitrogens with zero attached hydrogens (tertiary/aromatic N) is 4. The predicted molar refractivity (Wildman–Crippen MR) is 240 cm³/mol. The first-order chi connectivity index (χ1) is 29.2. The highest BCUT2D eigenvalue weighted by molar-refractivity contribution is 6.15. The Morgan fingerprint density at radius 3 is 1.81 bits per heavy atom. The van der Waals surface area contributed by atoms with Crippen molar-refractivity contribution in [3.63, 3.8) is 0 Å². The lowest BCUT2D eigenvalue weighted by Crippen LogP contribution is -2.10. The van der Waals surface area contributed by atoms with Crippen LogP contribution in [0.3, 0.4) is 0 Å². The molecule has 6 nitrogen and oxygen atoms in total. The summed E-state index contributed by atoms with van der Waals surface area (Å²) in [6.45, 7) is 0. The van der Waals surface area contributed by atoms with Gasteiger partial charge in [0.05, 0.1) is 17.1 Å². The van der Waals surface area contributed by atoms with Crippen LogP contribution in [0, 0.1) is 0 Å². The molecule has 9 aromatic carbocycles. The number of benzene rings is 9. The minimum Gasteiger partial charge on any atom is -0.456 e. The first-order valence-electron chi connectivity index (χ1n) is 19.7. The van der Waals surface area contributed by atoms with Gasteiger partial charge in [-0.2, -0.15) is 0 Å². The summed E-state index contributed by atoms with van der Waals surface area (Å²) in [4.78, 5) is 17.7. The molecule has 0 aliphatic heterocycles. The fraction of sp³-hybridized carbons (Fsp3) is 0. The van der Waals surface area contributed by atoms with E-state index in [1.807, 2.05) is 54.6 Å². The summed E-state index contributed by atoms with van der Waals surface area (Å²) in [5.74, 6) is 1.80. The first-order valence-corrected chi connectivity index (χ1v) is 19.7. The molecule has 3 heterocycles. The average molecular weight is 757 g/mol. The quantitative estimate of drug-likeness (QED) is 0.168. The fourth-order valence-corrected chi connectivity index (χ4v) is 8.61. The van der Waals surface area contributed by atoms with Gasteiger partial charge in [0.2, 0.25) is 0 Å². The topological polar surface area (TPSA) is 68.2 Å². The van der Waals surface area contributed by atoms with E-state index in [0.29, 0.717) is 17.5 Å². The summed E-state index contributed by atoms with van der Waals surface area (Å²) in [6.07, 6.45) is 0. The zero-order valence-electron chi connectivity index (χ0n) is 31.6. The molecular weight excluding hydrogens is 725 g/mol. The number of anilines is 3. The Balaban J connectivity index is 1.07. The molecule has 0 bridgehead atoms. The van der Waals surface area contributed by atoms with Gasteiger partial charge >= 0.3 is 0 Å². The summed E-state index contributed by atoms with van der Waals surface area (Å²) in [5.41, 5.74) is 8.81. The second-order valence-corrected chi connectivity index (χ2v) is 14.7. The van der Waals surface area contributed by atoms with Crippen LogP contribution in [-0.4, -0.2) is 15.0 Å². The van der Waals surface area contributed by atoms with Crippen molar-refractivity contribution in [2.45, 2.75) is 0 Å². The molecule has 3 aromatic heterocycles. The molecular formula is C53H32N4O2. The highest BCUT2D eigenvalue weighted by atomic mass is 16.3. The number of hydrogen-bond donors (Lipinski definition) is 0. The number of aromatic nitrogens is 3. The molecule has 0 saturated heterocycles. The number of hydrogen-bond acceptors (Lipinski definition) is 6. The molecule has 0 aliphatic rings. The molecule has 276 valence electrons. The van der Waals surface area contributed by atoms with Crippen LogP contribution in [0.15, 0.2) is 203 Å². The van der Waals surface area contributed by atoms with Crippen molar-refractivity contribution in [3.05, 3.63) is 194 Å². The second-order valence-electron chi connectivity index (χ2n) is 14.7. The number of furan rings is 2. The lowest BCUT2D eigenvalue weighted by atomic mass is 10.0. The van der Waals surface area contributed by atoms with Gasteiger partial charge in [0, 0.05) is 49.7 Å². The standard InChI is InChI=1S/C53H32N4O2/c1-2-16-35(17-3-1)51-54-52(41-24-10-18-33-14-4-6-20-37(33)41)56-53(55-51)43-25-13-29-47-49(43)42-31-30-36(32-48(42)58-47)57(44-26-11-19-34-15-5-7-21-38(34)44)45-27-12-23-40-39-22-8-9-28-46(39)59-50(40)45/h1-32H. The number of rotatable bonds is 6. The average Bonchev–Trinajstić information content (AvgIpc) is 3.88. The van der Waals surface area contributed by atoms with Crippen molar-refractivity contribution >= 4 is 82.5 Å². The number of fused-ring (bicyclic) bond motifs is 8. The molecule has 12 rings (SSSR count). The summed E-state index contributed by atoms with van der Waals surface area (Å²) < 4.78 is 13.4. The molecule has 0 unspecified atom stereocenters. The van der Waals surface area contributed by atoms with Crippen LogP contribution in [0.5, 0.6) is 0 Å². The highest BCUT2D eigenvalue weighted by Gasteiger charge is 2.23. The lowest BCUT2D eigenvalue weighted by Gasteiger charge is -2.26. The Kier molecular flexibility index (Phi) is 7.43. The molecule has 0 spiro atoms. The van der Waals surface area contributed by atoms with Gasteiger partial charge in [-0.05, 0) is 52.6 Å². The van der Waals surface area contributed by atoms with Gasteiger partial charge in [-0.3, -0.25) is 0 Å². The molecule has 12 aromatic rings. The van der Waals surface area contributed by atoms with E-state index in [1.54, 1.807) is 0 Å². The highest BCUT2D eigenvalue weighted by Crippen LogP contribution is 2.46. The normalized spacial score (nSPS) is 11.7. The SMILES string of the molecule is c1ccc(-c2nc(-c3cccc4ccccc34)nc(-c3cccc4oc5cc(N(c6cccc7ccccc67)c6cccc7c6oc6ccccc67)ccc5c34)n2)cc1. The molecule has 0 radical (unpaired) electrons. The van der Waals surface area contributed by atoms with E-state index in [4.69, 9.17) is 23.8 Å². The summed E-state index contributed by atoms with van der Waals surface area (Å²) in [5, 5.41) is 8.54.